The maximum absolute atomic E-state index is 13.2. The summed E-state index contributed by atoms with van der Waals surface area (Å²) in [5.74, 6) is -0.285. The SMILES string of the molecule is COc1cc2nn([C@H]3CC[C@H](N(C)C(=O)[C@H](C)O)CC3)cc2cc1C(=O)Nc1cccn(C2CC2)c1=O. The van der Waals surface area contributed by atoms with Gasteiger partial charge in [0.2, 0.25) is 0 Å². The van der Waals surface area contributed by atoms with Gasteiger partial charge in [-0.05, 0) is 63.6 Å². The van der Waals surface area contributed by atoms with E-state index < -0.39 is 12.0 Å². The number of amides is 2. The van der Waals surface area contributed by atoms with Crippen LogP contribution in [0.5, 0.6) is 5.75 Å². The van der Waals surface area contributed by atoms with Gasteiger partial charge in [0.1, 0.15) is 17.5 Å². The van der Waals surface area contributed by atoms with Crippen LogP contribution in [0.2, 0.25) is 0 Å². The molecule has 2 fully saturated rings. The number of benzene rings is 1. The number of anilines is 1. The van der Waals surface area contributed by atoms with E-state index in [4.69, 9.17) is 9.84 Å². The Morgan fingerprint density at radius 2 is 1.86 bits per heavy atom. The molecular formula is C27H33N5O5. The summed E-state index contributed by atoms with van der Waals surface area (Å²) in [6.07, 6.45) is 7.99. The topological polar surface area (TPSA) is 119 Å². The molecule has 1 atom stereocenters. The van der Waals surface area contributed by atoms with Gasteiger partial charge >= 0.3 is 0 Å². The summed E-state index contributed by atoms with van der Waals surface area (Å²) in [5, 5.41) is 17.9. The van der Waals surface area contributed by atoms with Crippen molar-refractivity contribution in [3.63, 3.8) is 0 Å². The van der Waals surface area contributed by atoms with E-state index in [0.29, 0.717) is 16.8 Å². The molecule has 10 heteroatoms. The second kappa shape index (κ2) is 10.0. The van der Waals surface area contributed by atoms with Crippen molar-refractivity contribution in [2.24, 2.45) is 0 Å². The Morgan fingerprint density at radius 1 is 1.16 bits per heavy atom. The lowest BCUT2D eigenvalue weighted by atomic mass is 9.90. The van der Waals surface area contributed by atoms with Crippen molar-refractivity contribution in [1.29, 1.82) is 0 Å². The quantitative estimate of drug-likeness (QED) is 0.507. The van der Waals surface area contributed by atoms with Crippen molar-refractivity contribution in [2.75, 3.05) is 19.5 Å². The summed E-state index contributed by atoms with van der Waals surface area (Å²) in [4.78, 5) is 39.7. The molecule has 2 N–H and O–H groups in total. The van der Waals surface area contributed by atoms with E-state index in [1.54, 1.807) is 47.0 Å². The van der Waals surface area contributed by atoms with Gasteiger partial charge in [-0.3, -0.25) is 19.1 Å². The Hall–Kier alpha value is -3.66. The first kappa shape index (κ1) is 25.0. The van der Waals surface area contributed by atoms with Crippen LogP contribution in [0, 0.1) is 0 Å². The van der Waals surface area contributed by atoms with Crippen LogP contribution >= 0.6 is 0 Å². The number of carbonyl (C=O) groups is 2. The first-order chi connectivity index (χ1) is 17.8. The van der Waals surface area contributed by atoms with E-state index in [1.807, 2.05) is 10.9 Å². The summed E-state index contributed by atoms with van der Waals surface area (Å²) in [7, 11) is 3.25. The number of hydrogen-bond acceptors (Lipinski definition) is 6. The molecule has 2 aromatic heterocycles. The van der Waals surface area contributed by atoms with Gasteiger partial charge in [0.15, 0.2) is 0 Å². The van der Waals surface area contributed by atoms with Crippen LogP contribution in [-0.4, -0.2) is 62.5 Å². The van der Waals surface area contributed by atoms with Crippen LogP contribution in [0.25, 0.3) is 10.9 Å². The minimum Gasteiger partial charge on any atom is -0.496 e. The van der Waals surface area contributed by atoms with Crippen LogP contribution < -0.4 is 15.6 Å². The Kier molecular flexibility index (Phi) is 6.76. The number of ether oxygens (including phenoxy) is 1. The van der Waals surface area contributed by atoms with Gasteiger partial charge < -0.3 is 24.6 Å². The molecule has 0 spiro atoms. The minimum absolute atomic E-state index is 0.0983. The summed E-state index contributed by atoms with van der Waals surface area (Å²) < 4.78 is 9.11. The molecule has 2 aliphatic carbocycles. The van der Waals surface area contributed by atoms with E-state index in [9.17, 15) is 19.5 Å². The van der Waals surface area contributed by atoms with E-state index in [0.717, 1.165) is 43.9 Å². The van der Waals surface area contributed by atoms with Gasteiger partial charge in [0, 0.05) is 43.0 Å². The van der Waals surface area contributed by atoms with Crippen LogP contribution in [0.3, 0.4) is 0 Å². The van der Waals surface area contributed by atoms with Crippen molar-refractivity contribution >= 4 is 28.4 Å². The number of methoxy groups -OCH3 is 1. The zero-order valence-corrected chi connectivity index (χ0v) is 21.4. The van der Waals surface area contributed by atoms with Crippen molar-refractivity contribution in [2.45, 2.75) is 69.7 Å². The highest BCUT2D eigenvalue weighted by Gasteiger charge is 2.30. The first-order valence-corrected chi connectivity index (χ1v) is 12.8. The van der Waals surface area contributed by atoms with Gasteiger partial charge in [0.25, 0.3) is 17.4 Å². The monoisotopic (exact) mass is 507 g/mol. The third-order valence-corrected chi connectivity index (χ3v) is 7.54. The van der Waals surface area contributed by atoms with E-state index in [2.05, 4.69) is 5.32 Å². The van der Waals surface area contributed by atoms with Gasteiger partial charge in [-0.2, -0.15) is 5.10 Å². The third kappa shape index (κ3) is 4.98. The highest BCUT2D eigenvalue weighted by atomic mass is 16.5. The fraction of sp³-hybridized carbons (Fsp3) is 0.481. The van der Waals surface area contributed by atoms with Gasteiger partial charge in [-0.25, -0.2) is 0 Å². The van der Waals surface area contributed by atoms with Crippen LogP contribution in [-0.2, 0) is 4.79 Å². The number of aliphatic hydroxyl groups excluding tert-OH is 1. The molecule has 2 amide bonds. The van der Waals surface area contributed by atoms with Crippen LogP contribution in [0.1, 0.15) is 67.9 Å². The van der Waals surface area contributed by atoms with Crippen molar-refractivity contribution in [1.82, 2.24) is 19.2 Å². The average Bonchev–Trinajstić information content (AvgIpc) is 3.66. The number of rotatable bonds is 7. The molecule has 2 heterocycles. The number of hydrogen-bond donors (Lipinski definition) is 2. The molecule has 1 aromatic carbocycles. The predicted octanol–water partition coefficient (Wildman–Crippen LogP) is 3.12. The van der Waals surface area contributed by atoms with Gasteiger partial charge in [-0.15, -0.1) is 0 Å². The Morgan fingerprint density at radius 3 is 2.51 bits per heavy atom. The lowest BCUT2D eigenvalue weighted by Crippen LogP contribution is -2.43. The highest BCUT2D eigenvalue weighted by Crippen LogP contribution is 2.34. The van der Waals surface area contributed by atoms with E-state index in [-0.39, 0.29) is 35.3 Å². The number of pyridine rings is 1. The Balaban J connectivity index is 1.33. The molecule has 0 saturated heterocycles. The van der Waals surface area contributed by atoms with Crippen molar-refractivity contribution in [3.8, 4) is 5.75 Å². The summed E-state index contributed by atoms with van der Waals surface area (Å²) in [6.45, 7) is 1.49. The molecule has 0 unspecified atom stereocenters. The second-order valence-corrected chi connectivity index (χ2v) is 10.1. The lowest BCUT2D eigenvalue weighted by Gasteiger charge is -2.35. The number of carbonyl (C=O) groups excluding carboxylic acids is 2. The number of likely N-dealkylation sites (N-methyl/N-ethyl adjacent to an activating group) is 1. The smallest absolute Gasteiger partial charge is 0.274 e. The largest absolute Gasteiger partial charge is 0.496 e. The van der Waals surface area contributed by atoms with Crippen molar-refractivity contribution < 1.29 is 19.4 Å². The third-order valence-electron chi connectivity index (χ3n) is 7.54. The molecule has 37 heavy (non-hydrogen) atoms. The molecular weight excluding hydrogens is 474 g/mol. The maximum Gasteiger partial charge on any atom is 0.274 e. The molecule has 0 aliphatic heterocycles. The molecule has 0 radical (unpaired) electrons. The molecule has 196 valence electrons. The number of nitrogens with one attached hydrogen (secondary N) is 1. The Labute approximate surface area is 214 Å². The number of aromatic nitrogens is 3. The number of aliphatic hydroxyl groups is 1. The Bertz CT molecular complexity index is 1380. The second-order valence-electron chi connectivity index (χ2n) is 10.1. The number of nitrogens with zero attached hydrogens (tertiary/aromatic N) is 4. The zero-order valence-electron chi connectivity index (χ0n) is 21.4. The summed E-state index contributed by atoms with van der Waals surface area (Å²) >= 11 is 0. The van der Waals surface area contributed by atoms with Gasteiger partial charge in [-0.1, -0.05) is 0 Å². The normalized spacial score (nSPS) is 20.4. The molecule has 2 saturated carbocycles. The van der Waals surface area contributed by atoms with Gasteiger partial charge in [0.05, 0.1) is 24.2 Å². The van der Waals surface area contributed by atoms with Crippen LogP contribution in [0.15, 0.2) is 41.5 Å². The molecule has 0 bridgehead atoms. The fourth-order valence-electron chi connectivity index (χ4n) is 5.22. The maximum atomic E-state index is 13.2. The summed E-state index contributed by atoms with van der Waals surface area (Å²) in [5.41, 5.74) is 1.08. The van der Waals surface area contributed by atoms with Crippen molar-refractivity contribution in [3.05, 3.63) is 52.6 Å². The molecule has 10 nitrogen and oxygen atoms in total. The highest BCUT2D eigenvalue weighted by molar-refractivity contribution is 6.08. The standard InChI is InChI=1S/C27H33N5O5/c1-16(33)26(35)30(2)18-6-10-20(11-7-18)32-15-17-13-21(24(37-3)14-23(17)29-32)25(34)28-22-5-4-12-31(27(22)36)19-8-9-19/h4-5,12-16,18-20,33H,6-11H2,1-3H3,(H,28,34)/t16-,18-,20-/m0/s1. The van der Waals surface area contributed by atoms with E-state index >= 15 is 0 Å². The van der Waals surface area contributed by atoms with Crippen LogP contribution in [0.4, 0.5) is 5.69 Å². The zero-order chi connectivity index (χ0) is 26.3. The first-order valence-electron chi connectivity index (χ1n) is 12.8. The fourth-order valence-corrected chi connectivity index (χ4v) is 5.22. The molecule has 2 aliphatic rings. The molecule has 5 rings (SSSR count). The lowest BCUT2D eigenvalue weighted by molar-refractivity contribution is -0.140. The summed E-state index contributed by atoms with van der Waals surface area (Å²) in [6, 6.07) is 7.37. The number of fused-ring (bicyclic) bond motifs is 1. The predicted molar refractivity (Wildman–Crippen MR) is 139 cm³/mol. The minimum atomic E-state index is -0.998. The van der Waals surface area contributed by atoms with E-state index in [1.165, 1.54) is 14.0 Å². The molecule has 3 aromatic rings. The average molecular weight is 508 g/mol.